The fourth-order valence-corrected chi connectivity index (χ4v) is 4.42. The second-order valence-corrected chi connectivity index (χ2v) is 8.90. The molecule has 1 saturated heterocycles. The van der Waals surface area contributed by atoms with Gasteiger partial charge in [0.1, 0.15) is 6.54 Å². The number of fused-ring (bicyclic) bond motifs is 1. The van der Waals surface area contributed by atoms with Crippen molar-refractivity contribution in [2.45, 2.75) is 32.1 Å². The van der Waals surface area contributed by atoms with Gasteiger partial charge in [0.2, 0.25) is 0 Å². The second-order valence-electron chi connectivity index (χ2n) is 8.90. The molecular formula is C26H21F6N5O4. The van der Waals surface area contributed by atoms with Crippen LogP contribution < -0.4 is 14.7 Å². The van der Waals surface area contributed by atoms with E-state index >= 15 is 0 Å². The average Bonchev–Trinajstić information content (AvgIpc) is 3.48. The van der Waals surface area contributed by atoms with Gasteiger partial charge in [-0.15, -0.1) is 0 Å². The summed E-state index contributed by atoms with van der Waals surface area (Å²) in [5.74, 6) is -3.28. The summed E-state index contributed by atoms with van der Waals surface area (Å²) in [4.78, 5) is 46.7. The van der Waals surface area contributed by atoms with Gasteiger partial charge in [-0.25, -0.2) is 14.5 Å². The van der Waals surface area contributed by atoms with Crippen molar-refractivity contribution in [3.8, 4) is 0 Å². The van der Waals surface area contributed by atoms with E-state index in [4.69, 9.17) is 9.90 Å². The number of rotatable bonds is 4. The smallest absolute Gasteiger partial charge is 0.475 e. The number of imide groups is 1. The topological polar surface area (TPSA) is 107 Å². The normalized spacial score (nSPS) is 15.1. The van der Waals surface area contributed by atoms with Crippen LogP contribution in [0.25, 0.3) is 0 Å². The second kappa shape index (κ2) is 11.1. The van der Waals surface area contributed by atoms with Crippen LogP contribution in [0.3, 0.4) is 0 Å². The molecule has 2 aliphatic heterocycles. The molecule has 3 aromatic rings. The van der Waals surface area contributed by atoms with E-state index in [1.54, 1.807) is 18.3 Å². The Morgan fingerprint density at radius 2 is 1.63 bits per heavy atom. The standard InChI is InChI=1S/C24H20F3N5O2.C2HF3O2/c1-2-15-9-18(3-4-20(15)30-8-6-16-5-7-28-13-21(16)30)32-22(33)14-31(23(32)34)19-10-17(11-29-12-19)24(25,26)27;3-2(4,5)1(6)7/h3-5,7,9-13H,2,6,8,14H2,1H3;(H,6,7). The van der Waals surface area contributed by atoms with Gasteiger partial charge in [0.05, 0.1) is 35.0 Å². The van der Waals surface area contributed by atoms with Gasteiger partial charge in [0, 0.05) is 24.6 Å². The molecule has 216 valence electrons. The molecule has 2 aromatic heterocycles. The Hall–Kier alpha value is -4.69. The van der Waals surface area contributed by atoms with Gasteiger partial charge in [-0.1, -0.05) is 6.92 Å². The van der Waals surface area contributed by atoms with E-state index in [1.165, 1.54) is 5.56 Å². The Morgan fingerprint density at radius 3 is 2.27 bits per heavy atom. The van der Waals surface area contributed by atoms with Crippen molar-refractivity contribution >= 4 is 40.7 Å². The van der Waals surface area contributed by atoms with E-state index in [2.05, 4.69) is 14.9 Å². The lowest BCUT2D eigenvalue weighted by Crippen LogP contribution is -2.33. The number of nitrogens with zero attached hydrogens (tertiary/aromatic N) is 5. The summed E-state index contributed by atoms with van der Waals surface area (Å²) in [6.45, 7) is 2.42. The van der Waals surface area contributed by atoms with Crippen LogP contribution in [0.15, 0.2) is 55.1 Å². The number of carboxylic acid groups (broad SMARTS) is 1. The maximum atomic E-state index is 13.1. The molecule has 2 aliphatic rings. The van der Waals surface area contributed by atoms with E-state index < -0.39 is 35.8 Å². The maximum absolute atomic E-state index is 13.1. The minimum Gasteiger partial charge on any atom is -0.475 e. The zero-order valence-electron chi connectivity index (χ0n) is 21.2. The van der Waals surface area contributed by atoms with Gasteiger partial charge < -0.3 is 10.0 Å². The van der Waals surface area contributed by atoms with Crippen molar-refractivity contribution in [1.29, 1.82) is 0 Å². The Bertz CT molecular complexity index is 1490. The number of carbonyl (C=O) groups excluding carboxylic acids is 2. The highest BCUT2D eigenvalue weighted by atomic mass is 19.4. The van der Waals surface area contributed by atoms with E-state index in [9.17, 15) is 35.9 Å². The summed E-state index contributed by atoms with van der Waals surface area (Å²) >= 11 is 0. The first-order valence-corrected chi connectivity index (χ1v) is 12.0. The molecule has 3 amide bonds. The first kappa shape index (κ1) is 29.3. The molecule has 0 unspecified atom stereocenters. The predicted octanol–water partition coefficient (Wildman–Crippen LogP) is 5.36. The van der Waals surface area contributed by atoms with Crippen LogP contribution in [0.4, 0.5) is 53.9 Å². The van der Waals surface area contributed by atoms with Crippen LogP contribution in [0.5, 0.6) is 0 Å². The number of halogens is 6. The lowest BCUT2D eigenvalue weighted by molar-refractivity contribution is -0.192. The minimum absolute atomic E-state index is 0.0795. The van der Waals surface area contributed by atoms with Crippen molar-refractivity contribution < 1.29 is 45.8 Å². The summed E-state index contributed by atoms with van der Waals surface area (Å²) in [5.41, 5.74) is 3.46. The molecule has 41 heavy (non-hydrogen) atoms. The molecule has 0 bridgehead atoms. The summed E-state index contributed by atoms with van der Waals surface area (Å²) in [7, 11) is 0. The van der Waals surface area contributed by atoms with Crippen molar-refractivity contribution in [1.82, 2.24) is 9.97 Å². The third-order valence-corrected chi connectivity index (χ3v) is 6.35. The molecule has 4 heterocycles. The summed E-state index contributed by atoms with van der Waals surface area (Å²) < 4.78 is 71.0. The molecule has 0 radical (unpaired) electrons. The Labute approximate surface area is 228 Å². The highest BCUT2D eigenvalue weighted by Crippen LogP contribution is 2.38. The number of alkyl halides is 6. The molecule has 1 fully saturated rings. The van der Waals surface area contributed by atoms with Gasteiger partial charge in [0.25, 0.3) is 5.91 Å². The van der Waals surface area contributed by atoms with Crippen LogP contribution in [-0.4, -0.2) is 52.2 Å². The number of pyridine rings is 2. The number of benzene rings is 1. The molecule has 0 saturated carbocycles. The number of anilines is 4. The number of hydrogen-bond acceptors (Lipinski definition) is 6. The monoisotopic (exact) mass is 581 g/mol. The molecule has 0 aliphatic carbocycles. The zero-order valence-corrected chi connectivity index (χ0v) is 21.2. The van der Waals surface area contributed by atoms with Gasteiger partial charge in [0.15, 0.2) is 0 Å². The van der Waals surface area contributed by atoms with Crippen LogP contribution in [0.2, 0.25) is 0 Å². The third-order valence-electron chi connectivity index (χ3n) is 6.35. The summed E-state index contributed by atoms with van der Waals surface area (Å²) in [6, 6.07) is 7.44. The van der Waals surface area contributed by atoms with Crippen molar-refractivity contribution in [2.24, 2.45) is 0 Å². The molecule has 0 atom stereocenters. The largest absolute Gasteiger partial charge is 0.490 e. The number of carboxylic acids is 1. The lowest BCUT2D eigenvalue weighted by atomic mass is 10.1. The third kappa shape index (κ3) is 6.07. The van der Waals surface area contributed by atoms with Crippen molar-refractivity contribution in [2.75, 3.05) is 27.8 Å². The zero-order chi connectivity index (χ0) is 30.1. The van der Waals surface area contributed by atoms with Gasteiger partial charge >= 0.3 is 24.4 Å². The molecular weight excluding hydrogens is 560 g/mol. The number of carbonyl (C=O) groups is 3. The number of hydrogen-bond donors (Lipinski definition) is 1. The van der Waals surface area contributed by atoms with Crippen LogP contribution in [0, 0.1) is 0 Å². The van der Waals surface area contributed by atoms with Crippen LogP contribution in [0.1, 0.15) is 23.6 Å². The van der Waals surface area contributed by atoms with E-state index in [1.807, 2.05) is 25.3 Å². The first-order valence-electron chi connectivity index (χ1n) is 12.0. The van der Waals surface area contributed by atoms with Gasteiger partial charge in [-0.05, 0) is 54.3 Å². The lowest BCUT2D eigenvalue weighted by Gasteiger charge is -2.24. The van der Waals surface area contributed by atoms with Crippen molar-refractivity contribution in [3.63, 3.8) is 0 Å². The van der Waals surface area contributed by atoms with E-state index in [0.717, 1.165) is 52.0 Å². The molecule has 5 rings (SSSR count). The molecule has 1 N–H and O–H groups in total. The number of aromatic nitrogens is 2. The number of aliphatic carboxylic acids is 1. The minimum atomic E-state index is -5.08. The first-order chi connectivity index (χ1) is 19.2. The van der Waals surface area contributed by atoms with E-state index in [-0.39, 0.29) is 12.2 Å². The van der Waals surface area contributed by atoms with Crippen LogP contribution in [-0.2, 0) is 28.6 Å². The number of amides is 3. The Balaban J connectivity index is 0.000000493. The predicted molar refractivity (Wildman–Crippen MR) is 134 cm³/mol. The quantitative estimate of drug-likeness (QED) is 0.327. The molecule has 9 nitrogen and oxygen atoms in total. The average molecular weight is 581 g/mol. The number of aryl methyl sites for hydroxylation is 1. The van der Waals surface area contributed by atoms with Gasteiger partial charge in [-0.3, -0.25) is 19.7 Å². The molecule has 0 spiro atoms. The molecule has 15 heteroatoms. The maximum Gasteiger partial charge on any atom is 0.490 e. The van der Waals surface area contributed by atoms with Crippen molar-refractivity contribution in [3.05, 3.63) is 71.8 Å². The highest BCUT2D eigenvalue weighted by molar-refractivity contribution is 6.27. The fraction of sp³-hybridized carbons (Fsp3) is 0.269. The Kier molecular flexibility index (Phi) is 7.90. The Morgan fingerprint density at radius 1 is 0.927 bits per heavy atom. The summed E-state index contributed by atoms with van der Waals surface area (Å²) in [6.07, 6.45) is -2.72. The number of urea groups is 1. The van der Waals surface area contributed by atoms with Crippen LogP contribution >= 0.6 is 0 Å². The van der Waals surface area contributed by atoms with E-state index in [0.29, 0.717) is 18.3 Å². The summed E-state index contributed by atoms with van der Waals surface area (Å²) in [5, 5.41) is 7.12. The fourth-order valence-electron chi connectivity index (χ4n) is 4.42. The highest BCUT2D eigenvalue weighted by Gasteiger charge is 2.40. The SMILES string of the molecule is CCc1cc(N2C(=O)CN(c3cncc(C(F)(F)F)c3)C2=O)ccc1N1CCc2ccncc21.O=C(O)C(F)(F)F. The molecule has 1 aromatic carbocycles. The van der Waals surface area contributed by atoms with Gasteiger partial charge in [-0.2, -0.15) is 26.3 Å².